The molecule has 140 valence electrons. The lowest BCUT2D eigenvalue weighted by Crippen LogP contribution is -2.32. The fourth-order valence-corrected chi connectivity index (χ4v) is 5.57. The van der Waals surface area contributed by atoms with Crippen LogP contribution < -0.4 is 10.0 Å². The first-order valence-corrected chi connectivity index (χ1v) is 10.9. The highest BCUT2D eigenvalue weighted by atomic mass is 32.2. The molecule has 6 nitrogen and oxygen atoms in total. The zero-order valence-electron chi connectivity index (χ0n) is 15.1. The van der Waals surface area contributed by atoms with Crippen LogP contribution in [0.1, 0.15) is 52.2 Å². The fourth-order valence-electron chi connectivity index (χ4n) is 3.24. The molecule has 0 spiro atoms. The molecule has 2 N–H and O–H groups in total. The number of thiazole rings is 1. The van der Waals surface area contributed by atoms with Gasteiger partial charge in [0.2, 0.25) is 0 Å². The largest absolute Gasteiger partial charge is 0.349 e. The minimum absolute atomic E-state index is 0.177. The van der Waals surface area contributed by atoms with E-state index in [2.05, 4.69) is 15.0 Å². The van der Waals surface area contributed by atoms with Gasteiger partial charge in [0.15, 0.2) is 5.13 Å². The Kier molecular flexibility index (Phi) is 5.34. The van der Waals surface area contributed by atoms with Crippen molar-refractivity contribution in [3.63, 3.8) is 0 Å². The van der Waals surface area contributed by atoms with E-state index in [1.54, 1.807) is 26.0 Å². The first kappa shape index (κ1) is 18.8. The Hall–Kier alpha value is -1.93. The van der Waals surface area contributed by atoms with E-state index >= 15 is 0 Å². The summed E-state index contributed by atoms with van der Waals surface area (Å²) in [5.41, 5.74) is 2.20. The van der Waals surface area contributed by atoms with Crippen molar-refractivity contribution in [3.05, 3.63) is 39.9 Å². The van der Waals surface area contributed by atoms with Gasteiger partial charge in [-0.25, -0.2) is 13.4 Å². The third-order valence-corrected chi connectivity index (χ3v) is 7.23. The van der Waals surface area contributed by atoms with Gasteiger partial charge in [-0.2, -0.15) is 0 Å². The van der Waals surface area contributed by atoms with E-state index in [0.29, 0.717) is 16.1 Å². The molecule has 26 heavy (non-hydrogen) atoms. The van der Waals surface area contributed by atoms with Crippen LogP contribution in [0.25, 0.3) is 0 Å². The minimum Gasteiger partial charge on any atom is -0.349 e. The van der Waals surface area contributed by atoms with Crippen molar-refractivity contribution in [2.45, 2.75) is 57.4 Å². The highest BCUT2D eigenvalue weighted by molar-refractivity contribution is 7.93. The molecule has 0 bridgehead atoms. The average molecular weight is 394 g/mol. The van der Waals surface area contributed by atoms with E-state index in [-0.39, 0.29) is 22.0 Å². The number of nitrogens with zero attached hydrogens (tertiary/aromatic N) is 1. The first-order valence-electron chi connectivity index (χ1n) is 8.64. The van der Waals surface area contributed by atoms with Gasteiger partial charge in [-0.15, -0.1) is 0 Å². The summed E-state index contributed by atoms with van der Waals surface area (Å²) in [5, 5.41) is 3.22. The third-order valence-electron chi connectivity index (χ3n) is 4.53. The molecule has 2 aromatic rings. The predicted octanol–water partition coefficient (Wildman–Crippen LogP) is 3.54. The van der Waals surface area contributed by atoms with Crippen LogP contribution in [0.5, 0.6) is 0 Å². The third kappa shape index (κ3) is 4.07. The molecular formula is C18H23N3O3S2. The maximum atomic E-state index is 12.7. The van der Waals surface area contributed by atoms with Gasteiger partial charge < -0.3 is 5.32 Å². The van der Waals surface area contributed by atoms with Crippen LogP contribution in [0.3, 0.4) is 0 Å². The fraction of sp³-hybridized carbons (Fsp3) is 0.444. The molecule has 0 saturated heterocycles. The molecule has 1 aromatic heterocycles. The standard InChI is InChI=1S/C18H23N3O3S2/c1-11-8-9-15(12(2)10-11)26(23,24)21-18-19-13(3)16(25-18)17(22)20-14-6-4-5-7-14/h8-10,14H,4-7H2,1-3H3,(H,19,21)(H,20,22). The molecule has 0 aliphatic heterocycles. The van der Waals surface area contributed by atoms with Gasteiger partial charge in [0.25, 0.3) is 15.9 Å². The molecule has 1 aliphatic rings. The second-order valence-corrected chi connectivity index (χ2v) is 9.41. The van der Waals surface area contributed by atoms with E-state index in [1.165, 1.54) is 0 Å². The number of carbonyl (C=O) groups is 1. The second-order valence-electron chi connectivity index (χ2n) is 6.76. The molecule has 3 rings (SSSR count). The molecule has 0 atom stereocenters. The van der Waals surface area contributed by atoms with Crippen molar-refractivity contribution in [1.29, 1.82) is 0 Å². The summed E-state index contributed by atoms with van der Waals surface area (Å²) in [7, 11) is -3.75. The number of aromatic nitrogens is 1. The zero-order valence-corrected chi connectivity index (χ0v) is 16.8. The Balaban J connectivity index is 1.79. The van der Waals surface area contributed by atoms with E-state index in [1.807, 2.05) is 13.0 Å². The number of carbonyl (C=O) groups excluding carboxylic acids is 1. The van der Waals surface area contributed by atoms with Gasteiger partial charge >= 0.3 is 0 Å². The molecule has 1 amide bonds. The molecule has 1 aromatic carbocycles. The molecule has 1 aliphatic carbocycles. The van der Waals surface area contributed by atoms with Crippen molar-refractivity contribution in [2.75, 3.05) is 4.72 Å². The summed E-state index contributed by atoms with van der Waals surface area (Å²) in [6.45, 7) is 5.39. The maximum absolute atomic E-state index is 12.7. The highest BCUT2D eigenvalue weighted by Crippen LogP contribution is 2.27. The molecular weight excluding hydrogens is 370 g/mol. The second kappa shape index (κ2) is 7.36. The summed E-state index contributed by atoms with van der Waals surface area (Å²) >= 11 is 1.07. The number of anilines is 1. The highest BCUT2D eigenvalue weighted by Gasteiger charge is 2.24. The van der Waals surface area contributed by atoms with Crippen molar-refractivity contribution in [3.8, 4) is 0 Å². The number of sulfonamides is 1. The summed E-state index contributed by atoms with van der Waals surface area (Å²) in [5.74, 6) is -0.177. The van der Waals surface area contributed by atoms with Gasteiger partial charge in [0.1, 0.15) is 4.88 Å². The van der Waals surface area contributed by atoms with E-state index < -0.39 is 10.0 Å². The van der Waals surface area contributed by atoms with Crippen molar-refractivity contribution < 1.29 is 13.2 Å². The Labute approximate surface area is 158 Å². The lowest BCUT2D eigenvalue weighted by Gasteiger charge is -2.10. The Morgan fingerprint density at radius 1 is 1.19 bits per heavy atom. The van der Waals surface area contributed by atoms with Crippen molar-refractivity contribution in [2.24, 2.45) is 0 Å². The normalized spacial score (nSPS) is 15.2. The zero-order chi connectivity index (χ0) is 18.9. The lowest BCUT2D eigenvalue weighted by molar-refractivity contribution is 0.0941. The topological polar surface area (TPSA) is 88.2 Å². The Morgan fingerprint density at radius 2 is 1.88 bits per heavy atom. The molecule has 8 heteroatoms. The maximum Gasteiger partial charge on any atom is 0.263 e. The van der Waals surface area contributed by atoms with Gasteiger partial charge in [-0.3, -0.25) is 9.52 Å². The SMILES string of the molecule is Cc1ccc(S(=O)(=O)Nc2nc(C)c(C(=O)NC3CCCC3)s2)c(C)c1. The number of hydrogen-bond acceptors (Lipinski definition) is 5. The minimum atomic E-state index is -3.75. The van der Waals surface area contributed by atoms with Crippen LogP contribution in [0.15, 0.2) is 23.1 Å². The Bertz CT molecular complexity index is 929. The van der Waals surface area contributed by atoms with Crippen LogP contribution in [0.2, 0.25) is 0 Å². The summed E-state index contributed by atoms with van der Waals surface area (Å²) in [6, 6.07) is 5.37. The van der Waals surface area contributed by atoms with Crippen LogP contribution >= 0.6 is 11.3 Å². The summed E-state index contributed by atoms with van der Waals surface area (Å²) in [6.07, 6.45) is 4.26. The number of rotatable bonds is 5. The molecule has 1 heterocycles. The number of aryl methyl sites for hydroxylation is 3. The van der Waals surface area contributed by atoms with E-state index in [9.17, 15) is 13.2 Å². The summed E-state index contributed by atoms with van der Waals surface area (Å²) in [4.78, 5) is 17.3. The van der Waals surface area contributed by atoms with Gasteiger partial charge in [0, 0.05) is 6.04 Å². The molecule has 0 unspecified atom stereocenters. The number of nitrogens with one attached hydrogen (secondary N) is 2. The smallest absolute Gasteiger partial charge is 0.263 e. The van der Waals surface area contributed by atoms with Crippen LogP contribution in [-0.2, 0) is 10.0 Å². The first-order chi connectivity index (χ1) is 12.3. The van der Waals surface area contributed by atoms with Crippen LogP contribution in [0, 0.1) is 20.8 Å². The van der Waals surface area contributed by atoms with Gasteiger partial charge in [-0.1, -0.05) is 41.9 Å². The monoisotopic (exact) mass is 393 g/mol. The lowest BCUT2D eigenvalue weighted by atomic mass is 10.2. The molecule has 1 fully saturated rings. The van der Waals surface area contributed by atoms with E-state index in [0.717, 1.165) is 42.6 Å². The average Bonchev–Trinajstić information content (AvgIpc) is 3.16. The number of hydrogen-bond donors (Lipinski definition) is 2. The van der Waals surface area contributed by atoms with Crippen molar-refractivity contribution in [1.82, 2.24) is 10.3 Å². The number of benzene rings is 1. The summed E-state index contributed by atoms with van der Waals surface area (Å²) < 4.78 is 27.8. The van der Waals surface area contributed by atoms with Crippen molar-refractivity contribution >= 4 is 32.4 Å². The molecule has 0 radical (unpaired) electrons. The quantitative estimate of drug-likeness (QED) is 0.813. The van der Waals surface area contributed by atoms with Crippen LogP contribution in [0.4, 0.5) is 5.13 Å². The van der Waals surface area contributed by atoms with Gasteiger partial charge in [0.05, 0.1) is 10.6 Å². The van der Waals surface area contributed by atoms with Crippen LogP contribution in [-0.4, -0.2) is 25.4 Å². The van der Waals surface area contributed by atoms with Gasteiger partial charge in [-0.05, 0) is 45.2 Å². The predicted molar refractivity (Wildman–Crippen MR) is 103 cm³/mol. The Morgan fingerprint density at radius 3 is 2.54 bits per heavy atom. The molecule has 1 saturated carbocycles. The number of amides is 1. The van der Waals surface area contributed by atoms with E-state index in [4.69, 9.17) is 0 Å².